The third-order valence-corrected chi connectivity index (χ3v) is 2.25. The summed E-state index contributed by atoms with van der Waals surface area (Å²) in [7, 11) is 1.68. The van der Waals surface area contributed by atoms with Crippen LogP contribution in [0.1, 0.15) is 44.9 Å². The lowest BCUT2D eigenvalue weighted by molar-refractivity contribution is 0.336. The van der Waals surface area contributed by atoms with E-state index in [4.69, 9.17) is 9.84 Å². The van der Waals surface area contributed by atoms with E-state index in [-0.39, 0.29) is 6.61 Å². The van der Waals surface area contributed by atoms with Gasteiger partial charge in [-0.15, -0.1) is 0 Å². The van der Waals surface area contributed by atoms with Gasteiger partial charge in [-0.05, 0) is 31.8 Å². The van der Waals surface area contributed by atoms with Gasteiger partial charge < -0.3 is 9.84 Å². The van der Waals surface area contributed by atoms with E-state index in [1.54, 1.807) is 13.4 Å². The van der Waals surface area contributed by atoms with Crippen molar-refractivity contribution in [3.8, 4) is 0 Å². The van der Waals surface area contributed by atoms with Gasteiger partial charge in [-0.3, -0.25) is 0 Å². The molecule has 0 aliphatic rings. The van der Waals surface area contributed by atoms with E-state index >= 15 is 0 Å². The Bertz CT molecular complexity index is 144. The average Bonchev–Trinajstić information content (AvgIpc) is 2.26. The van der Waals surface area contributed by atoms with E-state index in [1.165, 1.54) is 32.1 Å². The standard InChI is InChI=1S/C13H24O2/c1-15-13-11-9-7-5-3-2-4-6-8-10-12-14/h8,10-11,13-14H,2-7,9,12H2,1H3/b10-8-,13-11+. The number of unbranched alkanes of at least 4 members (excludes halogenated alkanes) is 6. The Morgan fingerprint density at radius 2 is 1.47 bits per heavy atom. The molecule has 2 heteroatoms. The van der Waals surface area contributed by atoms with Crippen LogP contribution in [0.4, 0.5) is 0 Å². The lowest BCUT2D eigenvalue weighted by Gasteiger charge is -1.98. The minimum atomic E-state index is 0.172. The number of ether oxygens (including phenoxy) is 1. The summed E-state index contributed by atoms with van der Waals surface area (Å²) in [6.45, 7) is 0.172. The molecule has 0 saturated carbocycles. The number of aliphatic hydroxyl groups is 1. The fourth-order valence-electron chi connectivity index (χ4n) is 1.41. The summed E-state index contributed by atoms with van der Waals surface area (Å²) < 4.78 is 4.82. The minimum Gasteiger partial charge on any atom is -0.505 e. The van der Waals surface area contributed by atoms with Gasteiger partial charge in [-0.25, -0.2) is 0 Å². The molecule has 0 aromatic carbocycles. The zero-order chi connectivity index (χ0) is 11.2. The molecule has 0 aromatic rings. The monoisotopic (exact) mass is 212 g/mol. The molecule has 0 amide bonds. The van der Waals surface area contributed by atoms with E-state index in [2.05, 4.69) is 12.2 Å². The summed E-state index contributed by atoms with van der Waals surface area (Å²) >= 11 is 0. The van der Waals surface area contributed by atoms with Crippen molar-refractivity contribution in [1.82, 2.24) is 0 Å². The van der Waals surface area contributed by atoms with Gasteiger partial charge in [0.15, 0.2) is 0 Å². The zero-order valence-electron chi connectivity index (χ0n) is 9.82. The van der Waals surface area contributed by atoms with Crippen molar-refractivity contribution in [3.63, 3.8) is 0 Å². The second kappa shape index (κ2) is 13.2. The molecule has 0 saturated heterocycles. The van der Waals surface area contributed by atoms with E-state index in [0.29, 0.717) is 0 Å². The normalized spacial score (nSPS) is 11.6. The van der Waals surface area contributed by atoms with Crippen LogP contribution in [-0.4, -0.2) is 18.8 Å². The maximum atomic E-state index is 8.51. The van der Waals surface area contributed by atoms with Gasteiger partial charge in [0.25, 0.3) is 0 Å². The topological polar surface area (TPSA) is 29.5 Å². The van der Waals surface area contributed by atoms with Crippen molar-refractivity contribution in [2.24, 2.45) is 0 Å². The second-order valence-corrected chi connectivity index (χ2v) is 3.61. The number of aliphatic hydroxyl groups excluding tert-OH is 1. The van der Waals surface area contributed by atoms with Crippen molar-refractivity contribution >= 4 is 0 Å². The van der Waals surface area contributed by atoms with E-state index in [9.17, 15) is 0 Å². The summed E-state index contributed by atoms with van der Waals surface area (Å²) in [5.74, 6) is 0. The fourth-order valence-corrected chi connectivity index (χ4v) is 1.41. The first-order chi connectivity index (χ1) is 7.41. The van der Waals surface area contributed by atoms with Gasteiger partial charge in [0.1, 0.15) is 0 Å². The van der Waals surface area contributed by atoms with Crippen LogP contribution in [0.25, 0.3) is 0 Å². The molecule has 0 spiro atoms. The third kappa shape index (κ3) is 13.2. The summed E-state index contributed by atoms with van der Waals surface area (Å²) in [6, 6.07) is 0. The third-order valence-electron chi connectivity index (χ3n) is 2.25. The van der Waals surface area contributed by atoms with Gasteiger partial charge in [-0.2, -0.15) is 0 Å². The van der Waals surface area contributed by atoms with Crippen LogP contribution >= 0.6 is 0 Å². The van der Waals surface area contributed by atoms with Crippen molar-refractivity contribution in [1.29, 1.82) is 0 Å². The smallest absolute Gasteiger partial charge is 0.0784 e. The molecule has 0 bridgehead atoms. The molecule has 0 aromatic heterocycles. The molecule has 88 valence electrons. The van der Waals surface area contributed by atoms with Gasteiger partial charge in [-0.1, -0.05) is 31.4 Å². The Labute approximate surface area is 93.6 Å². The lowest BCUT2D eigenvalue weighted by Crippen LogP contribution is -1.79. The quantitative estimate of drug-likeness (QED) is 0.341. The van der Waals surface area contributed by atoms with Gasteiger partial charge in [0, 0.05) is 0 Å². The van der Waals surface area contributed by atoms with Crippen molar-refractivity contribution in [3.05, 3.63) is 24.5 Å². The van der Waals surface area contributed by atoms with Crippen LogP contribution in [0.5, 0.6) is 0 Å². The zero-order valence-corrected chi connectivity index (χ0v) is 9.82. The minimum absolute atomic E-state index is 0.172. The molecule has 0 rings (SSSR count). The second-order valence-electron chi connectivity index (χ2n) is 3.61. The average molecular weight is 212 g/mol. The highest BCUT2D eigenvalue weighted by Crippen LogP contribution is 2.07. The predicted molar refractivity (Wildman–Crippen MR) is 64.7 cm³/mol. The van der Waals surface area contributed by atoms with Gasteiger partial charge in [0.2, 0.25) is 0 Å². The molecule has 0 radical (unpaired) electrons. The fraction of sp³-hybridized carbons (Fsp3) is 0.692. The highest BCUT2D eigenvalue weighted by molar-refractivity contribution is 4.80. The Morgan fingerprint density at radius 3 is 2.07 bits per heavy atom. The number of allylic oxidation sites excluding steroid dienone is 2. The van der Waals surface area contributed by atoms with E-state index < -0.39 is 0 Å². The number of hydrogen-bond donors (Lipinski definition) is 1. The van der Waals surface area contributed by atoms with Crippen LogP contribution in [0.2, 0.25) is 0 Å². The Balaban J connectivity index is 2.98. The summed E-state index contributed by atoms with van der Waals surface area (Å²) in [5.41, 5.74) is 0. The first-order valence-electron chi connectivity index (χ1n) is 5.85. The van der Waals surface area contributed by atoms with E-state index in [0.717, 1.165) is 12.8 Å². The largest absolute Gasteiger partial charge is 0.505 e. The van der Waals surface area contributed by atoms with Gasteiger partial charge >= 0.3 is 0 Å². The molecule has 0 unspecified atom stereocenters. The summed E-state index contributed by atoms with van der Waals surface area (Å²) in [6.07, 6.45) is 16.3. The SMILES string of the molecule is CO/C=C/CCCCCCC/C=C\CO. The molecule has 0 fully saturated rings. The molecular weight excluding hydrogens is 188 g/mol. The van der Waals surface area contributed by atoms with Crippen molar-refractivity contribution < 1.29 is 9.84 Å². The van der Waals surface area contributed by atoms with Crippen LogP contribution < -0.4 is 0 Å². The summed E-state index contributed by atoms with van der Waals surface area (Å²) in [4.78, 5) is 0. The Kier molecular flexibility index (Phi) is 12.6. The maximum Gasteiger partial charge on any atom is 0.0784 e. The van der Waals surface area contributed by atoms with Crippen molar-refractivity contribution in [2.75, 3.05) is 13.7 Å². The molecule has 0 aliphatic carbocycles. The van der Waals surface area contributed by atoms with Crippen molar-refractivity contribution in [2.45, 2.75) is 44.9 Å². The summed E-state index contributed by atoms with van der Waals surface area (Å²) in [5, 5.41) is 8.51. The van der Waals surface area contributed by atoms with Crippen LogP contribution in [-0.2, 0) is 4.74 Å². The number of rotatable bonds is 10. The first kappa shape index (κ1) is 14.2. The predicted octanol–water partition coefficient (Wildman–Crippen LogP) is 3.43. The number of methoxy groups -OCH3 is 1. The van der Waals surface area contributed by atoms with Gasteiger partial charge in [0.05, 0.1) is 20.0 Å². The van der Waals surface area contributed by atoms with Crippen LogP contribution in [0.3, 0.4) is 0 Å². The highest BCUT2D eigenvalue weighted by atomic mass is 16.5. The first-order valence-corrected chi connectivity index (χ1v) is 5.85. The Morgan fingerprint density at radius 1 is 0.867 bits per heavy atom. The molecule has 1 N–H and O–H groups in total. The lowest BCUT2D eigenvalue weighted by atomic mass is 10.1. The molecule has 0 heterocycles. The van der Waals surface area contributed by atoms with E-state index in [1.807, 2.05) is 6.08 Å². The molecular formula is C13H24O2. The molecule has 15 heavy (non-hydrogen) atoms. The maximum absolute atomic E-state index is 8.51. The molecule has 0 aliphatic heterocycles. The highest BCUT2D eigenvalue weighted by Gasteiger charge is 1.88. The molecule has 2 nitrogen and oxygen atoms in total. The Hall–Kier alpha value is -0.760. The van der Waals surface area contributed by atoms with Crippen LogP contribution in [0, 0.1) is 0 Å². The van der Waals surface area contributed by atoms with Crippen LogP contribution in [0.15, 0.2) is 24.5 Å². The molecule has 0 atom stereocenters. The number of hydrogen-bond acceptors (Lipinski definition) is 2.